The Labute approximate surface area is 55.7 Å². The molecule has 1 aromatic rings. The number of nitrogens with zero attached hydrogens (tertiary/aromatic N) is 1. The van der Waals surface area contributed by atoms with Crippen molar-refractivity contribution in [3.63, 3.8) is 0 Å². The Morgan fingerprint density at radius 3 is 2.67 bits per heavy atom. The number of rotatable bonds is 1. The summed E-state index contributed by atoms with van der Waals surface area (Å²) in [6.07, 6.45) is 1.56. The molecule has 0 bridgehead atoms. The van der Waals surface area contributed by atoms with Crippen LogP contribution in [0.5, 0.6) is 0 Å². The van der Waals surface area contributed by atoms with Crippen molar-refractivity contribution in [2.45, 2.75) is 6.92 Å². The molecule has 50 valence electrons. The third-order valence-electron chi connectivity index (χ3n) is 1.07. The van der Waals surface area contributed by atoms with Gasteiger partial charge in [0.25, 0.3) is 11.3 Å². The van der Waals surface area contributed by atoms with Gasteiger partial charge in [-0.3, -0.25) is 4.55 Å². The van der Waals surface area contributed by atoms with Crippen molar-refractivity contribution in [3.8, 4) is 0 Å². The SMILES string of the molecule is Cc1cccn1S(=O)O. The minimum atomic E-state index is -1.89. The standard InChI is InChI=1S/C5H7NO2S/c1-5-3-2-4-6(5)9(7)8/h2-4H,1H3,(H,7,8). The average molecular weight is 145 g/mol. The van der Waals surface area contributed by atoms with Crippen LogP contribution in [-0.2, 0) is 11.3 Å². The average Bonchev–Trinajstić information content (AvgIpc) is 2.13. The predicted molar refractivity (Wildman–Crippen MR) is 35.3 cm³/mol. The van der Waals surface area contributed by atoms with Gasteiger partial charge in [-0.2, -0.15) is 0 Å². The summed E-state index contributed by atoms with van der Waals surface area (Å²) in [7, 11) is 0. The lowest BCUT2D eigenvalue weighted by Crippen LogP contribution is -2.01. The maximum Gasteiger partial charge on any atom is 0.265 e. The van der Waals surface area contributed by atoms with E-state index in [1.54, 1.807) is 25.3 Å². The number of aromatic nitrogens is 1. The van der Waals surface area contributed by atoms with Gasteiger partial charge >= 0.3 is 0 Å². The molecule has 9 heavy (non-hydrogen) atoms. The fraction of sp³-hybridized carbons (Fsp3) is 0.200. The van der Waals surface area contributed by atoms with Crippen LogP contribution >= 0.6 is 0 Å². The van der Waals surface area contributed by atoms with Crippen molar-refractivity contribution in [2.24, 2.45) is 0 Å². The molecule has 1 atom stereocenters. The summed E-state index contributed by atoms with van der Waals surface area (Å²) >= 11 is -1.89. The van der Waals surface area contributed by atoms with Crippen LogP contribution in [0.25, 0.3) is 0 Å². The van der Waals surface area contributed by atoms with Gasteiger partial charge in [0, 0.05) is 11.9 Å². The minimum Gasteiger partial charge on any atom is -0.289 e. The van der Waals surface area contributed by atoms with Gasteiger partial charge < -0.3 is 0 Å². The first kappa shape index (κ1) is 6.51. The normalized spacial score (nSPS) is 13.6. The summed E-state index contributed by atoms with van der Waals surface area (Å²) in [6.45, 7) is 1.77. The van der Waals surface area contributed by atoms with Crippen LogP contribution in [-0.4, -0.2) is 12.7 Å². The van der Waals surface area contributed by atoms with E-state index in [9.17, 15) is 4.21 Å². The first-order chi connectivity index (χ1) is 4.22. The molecule has 0 aliphatic carbocycles. The van der Waals surface area contributed by atoms with Crippen molar-refractivity contribution in [2.75, 3.05) is 0 Å². The number of hydrogen-bond donors (Lipinski definition) is 1. The van der Waals surface area contributed by atoms with Gasteiger partial charge in [-0.25, -0.2) is 8.18 Å². The molecule has 0 saturated heterocycles. The second-order valence-electron chi connectivity index (χ2n) is 1.71. The molecule has 0 fully saturated rings. The molecule has 0 aromatic carbocycles. The molecule has 0 spiro atoms. The zero-order chi connectivity index (χ0) is 6.85. The van der Waals surface area contributed by atoms with Crippen LogP contribution in [0.4, 0.5) is 0 Å². The zero-order valence-electron chi connectivity index (χ0n) is 4.94. The maximum absolute atomic E-state index is 10.4. The summed E-state index contributed by atoms with van der Waals surface area (Å²) in [5.41, 5.74) is 0.788. The van der Waals surface area contributed by atoms with Crippen LogP contribution in [0.2, 0.25) is 0 Å². The Morgan fingerprint density at radius 1 is 1.78 bits per heavy atom. The molecule has 0 amide bonds. The molecule has 1 N–H and O–H groups in total. The van der Waals surface area contributed by atoms with E-state index < -0.39 is 11.3 Å². The van der Waals surface area contributed by atoms with Crippen LogP contribution in [0, 0.1) is 6.92 Å². The van der Waals surface area contributed by atoms with E-state index in [0.29, 0.717) is 0 Å². The van der Waals surface area contributed by atoms with Crippen LogP contribution in [0.1, 0.15) is 5.69 Å². The number of hydrogen-bond acceptors (Lipinski definition) is 1. The Hall–Kier alpha value is -0.610. The molecule has 1 aromatic heterocycles. The molecular weight excluding hydrogens is 138 g/mol. The third kappa shape index (κ3) is 1.20. The van der Waals surface area contributed by atoms with Crippen LogP contribution in [0.3, 0.4) is 0 Å². The van der Waals surface area contributed by atoms with Gasteiger partial charge in [0.2, 0.25) is 0 Å². The second kappa shape index (κ2) is 2.33. The predicted octanol–water partition coefficient (Wildman–Crippen LogP) is 0.781. The first-order valence-corrected chi connectivity index (χ1v) is 3.53. The van der Waals surface area contributed by atoms with Crippen molar-refractivity contribution in [3.05, 3.63) is 24.0 Å². The second-order valence-corrected chi connectivity index (χ2v) is 2.56. The Kier molecular flexibility index (Phi) is 1.68. The molecule has 0 aliphatic rings. The highest BCUT2D eigenvalue weighted by molar-refractivity contribution is 7.77. The zero-order valence-corrected chi connectivity index (χ0v) is 5.76. The van der Waals surface area contributed by atoms with E-state index in [4.69, 9.17) is 4.55 Å². The maximum atomic E-state index is 10.4. The van der Waals surface area contributed by atoms with Crippen molar-refractivity contribution < 1.29 is 8.76 Å². The summed E-state index contributed by atoms with van der Waals surface area (Å²) in [6, 6.07) is 3.50. The molecule has 0 aliphatic heterocycles. The van der Waals surface area contributed by atoms with Gasteiger partial charge in [0.15, 0.2) is 0 Å². The summed E-state index contributed by atoms with van der Waals surface area (Å²) in [5.74, 6) is 0. The van der Waals surface area contributed by atoms with Crippen LogP contribution in [0.15, 0.2) is 18.3 Å². The van der Waals surface area contributed by atoms with E-state index in [0.717, 1.165) is 5.69 Å². The minimum absolute atomic E-state index is 0.788. The molecule has 3 nitrogen and oxygen atoms in total. The Morgan fingerprint density at radius 2 is 2.44 bits per heavy atom. The summed E-state index contributed by atoms with van der Waals surface area (Å²) < 4.78 is 20.2. The topological polar surface area (TPSA) is 42.2 Å². The van der Waals surface area contributed by atoms with E-state index in [1.807, 2.05) is 0 Å². The van der Waals surface area contributed by atoms with Crippen LogP contribution < -0.4 is 0 Å². The highest BCUT2D eigenvalue weighted by Crippen LogP contribution is 1.99. The van der Waals surface area contributed by atoms with E-state index in [2.05, 4.69) is 0 Å². The molecule has 1 unspecified atom stereocenters. The fourth-order valence-electron chi connectivity index (χ4n) is 0.627. The molecule has 1 rings (SSSR count). The van der Waals surface area contributed by atoms with Gasteiger partial charge in [0.05, 0.1) is 0 Å². The van der Waals surface area contributed by atoms with E-state index in [1.165, 1.54) is 3.97 Å². The Balaban J connectivity index is 3.08. The molecule has 1 heterocycles. The highest BCUT2D eigenvalue weighted by atomic mass is 32.2. The fourth-order valence-corrected chi connectivity index (χ4v) is 1.11. The molecule has 0 radical (unpaired) electrons. The van der Waals surface area contributed by atoms with Gasteiger partial charge in [-0.15, -0.1) is 0 Å². The van der Waals surface area contributed by atoms with Gasteiger partial charge in [-0.1, -0.05) is 0 Å². The van der Waals surface area contributed by atoms with Crippen molar-refractivity contribution >= 4 is 11.3 Å². The molecule has 0 saturated carbocycles. The largest absolute Gasteiger partial charge is 0.289 e. The Bertz CT molecular complexity index is 231. The van der Waals surface area contributed by atoms with Gasteiger partial charge in [0.1, 0.15) is 0 Å². The monoisotopic (exact) mass is 145 g/mol. The van der Waals surface area contributed by atoms with Crippen molar-refractivity contribution in [1.29, 1.82) is 0 Å². The lowest BCUT2D eigenvalue weighted by atomic mass is 10.5. The van der Waals surface area contributed by atoms with E-state index >= 15 is 0 Å². The lowest BCUT2D eigenvalue weighted by molar-refractivity contribution is 0.553. The highest BCUT2D eigenvalue weighted by Gasteiger charge is 1.97. The van der Waals surface area contributed by atoms with Gasteiger partial charge in [-0.05, 0) is 19.1 Å². The van der Waals surface area contributed by atoms with E-state index in [-0.39, 0.29) is 0 Å². The number of aryl methyl sites for hydroxylation is 1. The quantitative estimate of drug-likeness (QED) is 0.593. The first-order valence-electron chi connectivity index (χ1n) is 2.47. The summed E-state index contributed by atoms with van der Waals surface area (Å²) in [4.78, 5) is 0. The lowest BCUT2D eigenvalue weighted by Gasteiger charge is -1.95. The smallest absolute Gasteiger partial charge is 0.265 e. The summed E-state index contributed by atoms with van der Waals surface area (Å²) in [5, 5.41) is 0. The van der Waals surface area contributed by atoms with Crippen molar-refractivity contribution in [1.82, 2.24) is 3.97 Å². The molecular formula is C5H7NO2S. The third-order valence-corrected chi connectivity index (χ3v) is 1.82. The molecule has 4 heteroatoms.